The molecule has 3 aromatic rings. The van der Waals surface area contributed by atoms with Gasteiger partial charge in [-0.1, -0.05) is 54.6 Å². The summed E-state index contributed by atoms with van der Waals surface area (Å²) in [4.78, 5) is 26.0. The van der Waals surface area contributed by atoms with Crippen LogP contribution in [0, 0.1) is 22.9 Å². The van der Waals surface area contributed by atoms with Crippen LogP contribution in [-0.2, 0) is 9.59 Å². The van der Waals surface area contributed by atoms with Gasteiger partial charge in [0.25, 0.3) is 0 Å². The number of para-hydroxylation sites is 3. The highest BCUT2D eigenvalue weighted by atomic mass is 32.2. The fourth-order valence-corrected chi connectivity index (χ4v) is 8.61. The molecule has 0 bridgehead atoms. The number of benzene rings is 3. The van der Waals surface area contributed by atoms with Crippen LogP contribution in [0.15, 0.2) is 78.9 Å². The average molecular weight is 701 g/mol. The van der Waals surface area contributed by atoms with E-state index in [1.165, 1.54) is 0 Å². The lowest BCUT2D eigenvalue weighted by Gasteiger charge is -2.37. The summed E-state index contributed by atoms with van der Waals surface area (Å²) >= 11 is 3.28. The van der Waals surface area contributed by atoms with Crippen LogP contribution < -0.4 is 30.7 Å². The first-order valence-electron chi connectivity index (χ1n) is 16.1. The molecule has 5 rings (SSSR count). The van der Waals surface area contributed by atoms with Crippen molar-refractivity contribution < 1.29 is 19.1 Å². The summed E-state index contributed by atoms with van der Waals surface area (Å²) < 4.78 is 12.2. The molecule has 0 radical (unpaired) electrons. The van der Waals surface area contributed by atoms with E-state index in [0.717, 1.165) is 22.6 Å². The number of thioether (sulfide) groups is 2. The number of hydrazine groups is 1. The summed E-state index contributed by atoms with van der Waals surface area (Å²) in [6.07, 6.45) is 5.48. The van der Waals surface area contributed by atoms with Gasteiger partial charge in [-0.15, -0.1) is 23.5 Å². The Kier molecular flexibility index (Phi) is 13.3. The maximum absolute atomic E-state index is 13.0. The van der Waals surface area contributed by atoms with E-state index in [-0.39, 0.29) is 33.3 Å². The molecule has 49 heavy (non-hydrogen) atoms. The highest BCUT2D eigenvalue weighted by molar-refractivity contribution is 8.00. The number of hydrogen-bond acceptors (Lipinski definition) is 12. The normalized spacial score (nSPS) is 20.5. The van der Waals surface area contributed by atoms with Crippen LogP contribution in [-0.4, -0.2) is 65.9 Å². The van der Waals surface area contributed by atoms with E-state index >= 15 is 0 Å². The molecule has 12 nitrogen and oxygen atoms in total. The van der Waals surface area contributed by atoms with Crippen LogP contribution in [0.3, 0.4) is 0 Å². The number of nitrogens with zero attached hydrogens (tertiary/aromatic N) is 4. The van der Waals surface area contributed by atoms with E-state index in [2.05, 4.69) is 37.4 Å². The van der Waals surface area contributed by atoms with Crippen molar-refractivity contribution >= 4 is 35.3 Å². The number of nitriles is 2. The van der Waals surface area contributed by atoms with Gasteiger partial charge >= 0.3 is 0 Å². The summed E-state index contributed by atoms with van der Waals surface area (Å²) in [6.45, 7) is 1.89. The lowest BCUT2D eigenvalue weighted by Crippen LogP contribution is -2.46. The summed E-state index contributed by atoms with van der Waals surface area (Å²) in [5, 5.41) is 32.7. The fourth-order valence-electron chi connectivity index (χ4n) is 5.73. The monoisotopic (exact) mass is 700 g/mol. The first kappa shape index (κ1) is 35.7. The van der Waals surface area contributed by atoms with Gasteiger partial charge in [0.1, 0.15) is 28.0 Å². The third-order valence-corrected chi connectivity index (χ3v) is 10.6. The van der Waals surface area contributed by atoms with Gasteiger partial charge in [-0.05, 0) is 37.1 Å². The van der Waals surface area contributed by atoms with Gasteiger partial charge in [0.05, 0.1) is 17.9 Å². The molecule has 2 aliphatic heterocycles. The number of carbonyl (C=O) groups is 2. The molecule has 0 aliphatic carbocycles. The van der Waals surface area contributed by atoms with Crippen molar-refractivity contribution in [2.75, 3.05) is 33.3 Å². The predicted octanol–water partition coefficient (Wildman–Crippen LogP) is 4.78. The maximum Gasteiger partial charge on any atom is 0.220 e. The van der Waals surface area contributed by atoms with Crippen LogP contribution in [0.1, 0.15) is 47.6 Å². The molecule has 2 fully saturated rings. The van der Waals surface area contributed by atoms with Crippen molar-refractivity contribution in [1.29, 1.82) is 10.5 Å². The smallest absolute Gasteiger partial charge is 0.220 e. The number of ether oxygens (including phenoxy) is 2. The van der Waals surface area contributed by atoms with Crippen LogP contribution >= 0.6 is 23.5 Å². The molecular formula is C35H40N8O4S2. The largest absolute Gasteiger partial charge is 0.496 e. The molecular weight excluding hydrogens is 661 g/mol. The Morgan fingerprint density at radius 1 is 0.735 bits per heavy atom. The maximum atomic E-state index is 13.0. The molecule has 2 saturated heterocycles. The van der Waals surface area contributed by atoms with Crippen molar-refractivity contribution in [2.24, 2.45) is 0 Å². The Bertz CT molecular complexity index is 1640. The molecule has 4 N–H and O–H groups in total. The second-order valence-corrected chi connectivity index (χ2v) is 13.9. The molecule has 4 unspecified atom stereocenters. The van der Waals surface area contributed by atoms with E-state index in [1.807, 2.05) is 85.2 Å². The quantitative estimate of drug-likeness (QED) is 0.0924. The lowest BCUT2D eigenvalue weighted by atomic mass is 10.1. The standard InChI is InChI=1S/C35H40N8O4S2/c1-46-28-15-7-5-13-26(28)34-42(21-32(48-34)40-30(44)17-9-19-38-23-36)43-22-33(41-31(45)18-10-20-39-24-37)49-35(43)27-14-6-8-16-29(27)47-25-11-3-2-4-12-25/h2-8,11-16,32-35,38-39H,9-10,17-22H2,1H3,(H,40,44)(H,41,45). The molecule has 256 valence electrons. The van der Waals surface area contributed by atoms with Crippen LogP contribution in [0.25, 0.3) is 0 Å². The minimum Gasteiger partial charge on any atom is -0.496 e. The Balaban J connectivity index is 1.45. The van der Waals surface area contributed by atoms with Crippen LogP contribution in [0.4, 0.5) is 0 Å². The molecule has 0 saturated carbocycles. The molecule has 0 aromatic heterocycles. The first-order chi connectivity index (χ1) is 24.0. The number of amides is 2. The van der Waals surface area contributed by atoms with Crippen molar-refractivity contribution in [3.8, 4) is 29.6 Å². The molecule has 0 spiro atoms. The Labute approximate surface area is 295 Å². The summed E-state index contributed by atoms with van der Waals surface area (Å²) in [5.74, 6) is 2.01. The summed E-state index contributed by atoms with van der Waals surface area (Å²) in [5.41, 5.74) is 1.92. The van der Waals surface area contributed by atoms with Gasteiger partial charge in [-0.25, -0.2) is 10.0 Å². The summed E-state index contributed by atoms with van der Waals surface area (Å²) in [7, 11) is 1.65. The predicted molar refractivity (Wildman–Crippen MR) is 190 cm³/mol. The number of rotatable bonds is 16. The summed E-state index contributed by atoms with van der Waals surface area (Å²) in [6, 6.07) is 25.5. The number of hydrogen-bond donors (Lipinski definition) is 4. The highest BCUT2D eigenvalue weighted by Gasteiger charge is 2.46. The molecule has 4 atom stereocenters. The number of carbonyl (C=O) groups excluding carboxylic acids is 2. The third kappa shape index (κ3) is 9.74. The third-order valence-electron chi connectivity index (χ3n) is 7.94. The van der Waals surface area contributed by atoms with E-state index in [1.54, 1.807) is 30.6 Å². The van der Waals surface area contributed by atoms with Crippen molar-refractivity contribution in [3.05, 3.63) is 90.0 Å². The second-order valence-electron chi connectivity index (χ2n) is 11.3. The van der Waals surface area contributed by atoms with E-state index in [0.29, 0.717) is 57.6 Å². The van der Waals surface area contributed by atoms with Gasteiger partial charge in [0, 0.05) is 50.1 Å². The van der Waals surface area contributed by atoms with Gasteiger partial charge in [-0.3, -0.25) is 9.59 Å². The van der Waals surface area contributed by atoms with Crippen molar-refractivity contribution in [3.63, 3.8) is 0 Å². The van der Waals surface area contributed by atoms with Crippen LogP contribution in [0.2, 0.25) is 0 Å². The topological polar surface area (TPSA) is 155 Å². The Hall–Kier alpha value is -4.60. The zero-order valence-corrected chi connectivity index (χ0v) is 28.8. The highest BCUT2D eigenvalue weighted by Crippen LogP contribution is 2.52. The fraction of sp³-hybridized carbons (Fsp3) is 0.371. The van der Waals surface area contributed by atoms with E-state index in [9.17, 15) is 9.59 Å². The second kappa shape index (κ2) is 18.2. The zero-order valence-electron chi connectivity index (χ0n) is 27.2. The average Bonchev–Trinajstić information content (AvgIpc) is 3.73. The Morgan fingerprint density at radius 3 is 1.71 bits per heavy atom. The van der Waals surface area contributed by atoms with Gasteiger partial charge < -0.3 is 30.7 Å². The lowest BCUT2D eigenvalue weighted by molar-refractivity contribution is -0.123. The van der Waals surface area contributed by atoms with Crippen LogP contribution in [0.5, 0.6) is 17.2 Å². The molecule has 2 amide bonds. The van der Waals surface area contributed by atoms with Gasteiger partial charge in [-0.2, -0.15) is 10.5 Å². The zero-order chi connectivity index (χ0) is 34.4. The van der Waals surface area contributed by atoms with Crippen molar-refractivity contribution in [2.45, 2.75) is 47.2 Å². The van der Waals surface area contributed by atoms with Gasteiger partial charge in [0.2, 0.25) is 11.8 Å². The number of nitrogens with one attached hydrogen (secondary N) is 4. The van der Waals surface area contributed by atoms with E-state index in [4.69, 9.17) is 20.0 Å². The minimum absolute atomic E-state index is 0.0807. The molecule has 2 aliphatic rings. The van der Waals surface area contributed by atoms with E-state index < -0.39 is 0 Å². The van der Waals surface area contributed by atoms with Gasteiger partial charge in [0.15, 0.2) is 12.4 Å². The Morgan fingerprint density at radius 2 is 1.20 bits per heavy atom. The SMILES string of the molecule is COc1ccccc1C1SC(NC(=O)CCCNC#N)CN1N1CC(NC(=O)CCCNC#N)SC1c1ccccc1Oc1ccccc1. The molecule has 14 heteroatoms. The van der Waals surface area contributed by atoms with Crippen molar-refractivity contribution in [1.82, 2.24) is 31.3 Å². The minimum atomic E-state index is -0.241. The first-order valence-corrected chi connectivity index (χ1v) is 18.0. The number of methoxy groups -OCH3 is 1. The molecule has 3 aromatic carbocycles. The molecule has 2 heterocycles.